The fourth-order valence-corrected chi connectivity index (χ4v) is 2.66. The summed E-state index contributed by atoms with van der Waals surface area (Å²) in [5.74, 6) is 0.604. The molecule has 0 bridgehead atoms. The van der Waals surface area contributed by atoms with Gasteiger partial charge in [-0.2, -0.15) is 0 Å². The summed E-state index contributed by atoms with van der Waals surface area (Å²) < 4.78 is 19.1. The van der Waals surface area contributed by atoms with Gasteiger partial charge < -0.3 is 10.5 Å². The molecule has 18 heavy (non-hydrogen) atoms. The lowest BCUT2D eigenvalue weighted by Gasteiger charge is -2.21. The Balaban J connectivity index is 2.10. The van der Waals surface area contributed by atoms with Gasteiger partial charge in [-0.05, 0) is 31.9 Å². The molecule has 0 amide bonds. The van der Waals surface area contributed by atoms with E-state index in [1.807, 2.05) is 12.1 Å². The van der Waals surface area contributed by atoms with Crippen molar-refractivity contribution in [1.82, 2.24) is 4.90 Å². The van der Waals surface area contributed by atoms with Crippen LogP contribution < -0.4 is 10.5 Å². The lowest BCUT2D eigenvalue weighted by molar-refractivity contribution is 0.251. The average Bonchev–Trinajstić information content (AvgIpc) is 2.73. The number of benzene rings is 1. The molecule has 1 aromatic carbocycles. The highest BCUT2D eigenvalue weighted by Gasteiger charge is 2.28. The maximum atomic E-state index is 14.1. The molecular weight excluding hydrogens is 231 g/mol. The highest BCUT2D eigenvalue weighted by atomic mass is 19.1. The highest BCUT2D eigenvalue weighted by Crippen LogP contribution is 2.27. The van der Waals surface area contributed by atoms with Crippen molar-refractivity contribution in [3.63, 3.8) is 0 Å². The minimum atomic E-state index is -0.247. The second-order valence-electron chi connectivity index (χ2n) is 5.05. The molecule has 2 rings (SSSR count). The first-order valence-corrected chi connectivity index (χ1v) is 6.41. The Morgan fingerprint density at radius 1 is 1.50 bits per heavy atom. The second-order valence-corrected chi connectivity index (χ2v) is 5.05. The van der Waals surface area contributed by atoms with E-state index < -0.39 is 0 Å². The van der Waals surface area contributed by atoms with Crippen LogP contribution in [0.1, 0.15) is 18.9 Å². The predicted octanol–water partition coefficient (Wildman–Crippen LogP) is 2.00. The fraction of sp³-hybridized carbons (Fsp3) is 0.571. The predicted molar refractivity (Wildman–Crippen MR) is 70.0 cm³/mol. The largest absolute Gasteiger partial charge is 0.494 e. The van der Waals surface area contributed by atoms with E-state index in [-0.39, 0.29) is 5.82 Å². The maximum Gasteiger partial charge on any atom is 0.169 e. The Morgan fingerprint density at radius 2 is 2.28 bits per heavy atom. The smallest absolute Gasteiger partial charge is 0.169 e. The van der Waals surface area contributed by atoms with Crippen LogP contribution >= 0.6 is 0 Å². The zero-order chi connectivity index (χ0) is 13.1. The number of rotatable bonds is 4. The van der Waals surface area contributed by atoms with E-state index >= 15 is 0 Å². The van der Waals surface area contributed by atoms with Crippen molar-refractivity contribution in [2.75, 3.05) is 20.2 Å². The van der Waals surface area contributed by atoms with Crippen molar-refractivity contribution in [3.8, 4) is 5.75 Å². The van der Waals surface area contributed by atoms with Crippen LogP contribution in [0, 0.1) is 11.7 Å². The fourth-order valence-electron chi connectivity index (χ4n) is 2.66. The van der Waals surface area contributed by atoms with Gasteiger partial charge in [0.1, 0.15) is 0 Å². The van der Waals surface area contributed by atoms with E-state index in [1.54, 1.807) is 6.07 Å². The third kappa shape index (κ3) is 2.65. The molecule has 2 unspecified atom stereocenters. The van der Waals surface area contributed by atoms with E-state index in [4.69, 9.17) is 10.5 Å². The summed E-state index contributed by atoms with van der Waals surface area (Å²) in [6, 6.07) is 5.76. The summed E-state index contributed by atoms with van der Waals surface area (Å²) in [6.07, 6.45) is 1.10. The Kier molecular flexibility index (Phi) is 4.19. The van der Waals surface area contributed by atoms with Gasteiger partial charge in [-0.15, -0.1) is 0 Å². The van der Waals surface area contributed by atoms with Gasteiger partial charge in [0.05, 0.1) is 7.11 Å². The number of likely N-dealkylation sites (tertiary alicyclic amines) is 1. The van der Waals surface area contributed by atoms with Crippen LogP contribution in [0.25, 0.3) is 0 Å². The van der Waals surface area contributed by atoms with Gasteiger partial charge in [0, 0.05) is 24.7 Å². The molecule has 4 heteroatoms. The Hall–Kier alpha value is -1.13. The molecule has 0 saturated carbocycles. The van der Waals surface area contributed by atoms with Gasteiger partial charge in [-0.25, -0.2) is 4.39 Å². The molecule has 2 atom stereocenters. The number of nitrogens with two attached hydrogens (primary N) is 1. The van der Waals surface area contributed by atoms with Crippen molar-refractivity contribution in [2.45, 2.75) is 25.9 Å². The van der Waals surface area contributed by atoms with Crippen molar-refractivity contribution in [2.24, 2.45) is 11.7 Å². The van der Waals surface area contributed by atoms with Gasteiger partial charge in [0.15, 0.2) is 11.6 Å². The molecule has 1 aliphatic heterocycles. The minimum absolute atomic E-state index is 0.247. The first-order chi connectivity index (χ1) is 8.65. The number of hydrogen-bond acceptors (Lipinski definition) is 3. The quantitative estimate of drug-likeness (QED) is 0.890. The summed E-state index contributed by atoms with van der Waals surface area (Å²) in [5.41, 5.74) is 6.40. The van der Waals surface area contributed by atoms with Gasteiger partial charge >= 0.3 is 0 Å². The molecule has 1 aromatic rings. The van der Waals surface area contributed by atoms with Gasteiger partial charge in [-0.1, -0.05) is 12.1 Å². The summed E-state index contributed by atoms with van der Waals surface area (Å²) in [6.45, 7) is 4.46. The molecule has 0 aliphatic carbocycles. The zero-order valence-electron chi connectivity index (χ0n) is 11.0. The molecule has 0 aromatic heterocycles. The molecule has 3 nitrogen and oxygen atoms in total. The molecule has 1 fully saturated rings. The highest BCUT2D eigenvalue weighted by molar-refractivity contribution is 5.31. The summed E-state index contributed by atoms with van der Waals surface area (Å²) in [7, 11) is 1.49. The Labute approximate surface area is 108 Å². The first kappa shape index (κ1) is 13.3. The topological polar surface area (TPSA) is 38.5 Å². The number of halogens is 1. The third-order valence-corrected chi connectivity index (χ3v) is 3.76. The molecule has 0 spiro atoms. The molecule has 0 radical (unpaired) electrons. The monoisotopic (exact) mass is 252 g/mol. The van der Waals surface area contributed by atoms with Crippen LogP contribution in [0.2, 0.25) is 0 Å². The molecule has 2 N–H and O–H groups in total. The number of methoxy groups -OCH3 is 1. The van der Waals surface area contributed by atoms with Gasteiger partial charge in [0.2, 0.25) is 0 Å². The molecule has 1 heterocycles. The Morgan fingerprint density at radius 3 is 2.89 bits per heavy atom. The second kappa shape index (κ2) is 5.67. The van der Waals surface area contributed by atoms with Crippen molar-refractivity contribution >= 4 is 0 Å². The average molecular weight is 252 g/mol. The van der Waals surface area contributed by atoms with Crippen molar-refractivity contribution in [1.29, 1.82) is 0 Å². The van der Waals surface area contributed by atoms with E-state index in [2.05, 4.69) is 11.8 Å². The number of nitrogens with zero attached hydrogens (tertiary/aromatic N) is 1. The Bertz CT molecular complexity index is 411. The lowest BCUT2D eigenvalue weighted by atomic mass is 10.1. The summed E-state index contributed by atoms with van der Waals surface area (Å²) in [5, 5.41) is 0. The van der Waals surface area contributed by atoms with E-state index in [9.17, 15) is 4.39 Å². The van der Waals surface area contributed by atoms with Gasteiger partial charge in [0.25, 0.3) is 0 Å². The van der Waals surface area contributed by atoms with Crippen LogP contribution in [-0.2, 0) is 6.54 Å². The summed E-state index contributed by atoms with van der Waals surface area (Å²) >= 11 is 0. The number of ether oxygens (including phenoxy) is 1. The SMILES string of the molecule is COc1cccc(CN2CC(CN)CC2C)c1F. The van der Waals surface area contributed by atoms with Crippen molar-refractivity contribution < 1.29 is 9.13 Å². The zero-order valence-corrected chi connectivity index (χ0v) is 11.0. The normalized spacial score (nSPS) is 24.4. The maximum absolute atomic E-state index is 14.1. The lowest BCUT2D eigenvalue weighted by Crippen LogP contribution is -2.27. The molecular formula is C14H21FN2O. The third-order valence-electron chi connectivity index (χ3n) is 3.76. The van der Waals surface area contributed by atoms with Crippen LogP contribution in [-0.4, -0.2) is 31.1 Å². The first-order valence-electron chi connectivity index (χ1n) is 6.41. The van der Waals surface area contributed by atoms with E-state index in [0.717, 1.165) is 13.0 Å². The van der Waals surface area contributed by atoms with E-state index in [1.165, 1.54) is 7.11 Å². The van der Waals surface area contributed by atoms with Crippen molar-refractivity contribution in [3.05, 3.63) is 29.6 Å². The van der Waals surface area contributed by atoms with Crippen LogP contribution in [0.5, 0.6) is 5.75 Å². The molecule has 100 valence electrons. The van der Waals surface area contributed by atoms with E-state index in [0.29, 0.717) is 36.4 Å². The minimum Gasteiger partial charge on any atom is -0.494 e. The van der Waals surface area contributed by atoms with Crippen LogP contribution in [0.4, 0.5) is 4.39 Å². The van der Waals surface area contributed by atoms with Gasteiger partial charge in [-0.3, -0.25) is 4.90 Å². The molecule has 1 saturated heterocycles. The van der Waals surface area contributed by atoms with Crippen LogP contribution in [0.3, 0.4) is 0 Å². The molecule has 1 aliphatic rings. The van der Waals surface area contributed by atoms with Crippen LogP contribution in [0.15, 0.2) is 18.2 Å². The standard InChI is InChI=1S/C14H21FN2O/c1-10-6-11(7-16)8-17(10)9-12-4-3-5-13(18-2)14(12)15/h3-5,10-11H,6-9,16H2,1-2H3. The number of hydrogen-bond donors (Lipinski definition) is 1. The summed E-state index contributed by atoms with van der Waals surface area (Å²) in [4.78, 5) is 2.29.